The topological polar surface area (TPSA) is 15.3 Å². The molecule has 84 valence electrons. The van der Waals surface area contributed by atoms with Gasteiger partial charge in [0.1, 0.15) is 0 Å². The zero-order valence-corrected chi connectivity index (χ0v) is 10.4. The van der Waals surface area contributed by atoms with Gasteiger partial charge in [0, 0.05) is 37.2 Å². The van der Waals surface area contributed by atoms with E-state index in [0.717, 1.165) is 12.6 Å². The summed E-state index contributed by atoms with van der Waals surface area (Å²) in [6.45, 7) is 9.44. The molecule has 0 amide bonds. The number of hydrogen-bond acceptors (Lipinski definition) is 3. The van der Waals surface area contributed by atoms with Crippen LogP contribution in [0.4, 0.5) is 0 Å². The van der Waals surface area contributed by atoms with Crippen molar-refractivity contribution in [2.24, 2.45) is 0 Å². The van der Waals surface area contributed by atoms with Crippen molar-refractivity contribution in [1.29, 1.82) is 0 Å². The molecule has 0 radical (unpaired) electrons. The van der Waals surface area contributed by atoms with Crippen LogP contribution in [0.3, 0.4) is 0 Å². The highest BCUT2D eigenvalue weighted by molar-refractivity contribution is 7.99. The van der Waals surface area contributed by atoms with Gasteiger partial charge >= 0.3 is 0 Å². The van der Waals surface area contributed by atoms with Crippen LogP contribution in [0, 0.1) is 0 Å². The Hall–Kier alpha value is 0.270. The lowest BCUT2D eigenvalue weighted by molar-refractivity contribution is 0.233. The fourth-order valence-electron chi connectivity index (χ4n) is 1.74. The second-order valence-corrected chi connectivity index (χ2v) is 5.21. The third kappa shape index (κ3) is 4.67. The number of unbranched alkanes of at least 4 members (excludes halogenated alkanes) is 1. The predicted octanol–water partition coefficient (Wildman–Crippen LogP) is 1.81. The van der Waals surface area contributed by atoms with Crippen LogP contribution in [0.15, 0.2) is 0 Å². The molecule has 1 heterocycles. The van der Waals surface area contributed by atoms with Crippen molar-refractivity contribution in [1.82, 2.24) is 10.2 Å². The molecule has 0 aromatic carbocycles. The summed E-state index contributed by atoms with van der Waals surface area (Å²) < 4.78 is 0. The minimum absolute atomic E-state index is 0.779. The summed E-state index contributed by atoms with van der Waals surface area (Å²) in [6, 6.07) is 0.779. The molecule has 0 aliphatic carbocycles. The molecule has 1 fully saturated rings. The zero-order chi connectivity index (χ0) is 10.2. The number of thioether (sulfide) groups is 1. The number of rotatable bonds is 6. The van der Waals surface area contributed by atoms with Crippen molar-refractivity contribution in [2.75, 3.05) is 37.7 Å². The lowest BCUT2D eigenvalue weighted by Crippen LogP contribution is -2.43. The van der Waals surface area contributed by atoms with E-state index in [-0.39, 0.29) is 0 Å². The van der Waals surface area contributed by atoms with Gasteiger partial charge in [-0.3, -0.25) is 4.90 Å². The highest BCUT2D eigenvalue weighted by atomic mass is 32.2. The Morgan fingerprint density at radius 3 is 3.00 bits per heavy atom. The summed E-state index contributed by atoms with van der Waals surface area (Å²) >= 11 is 2.09. The van der Waals surface area contributed by atoms with Gasteiger partial charge in [0.2, 0.25) is 0 Å². The first kappa shape index (κ1) is 12.3. The Balaban J connectivity index is 1.99. The molecule has 1 N–H and O–H groups in total. The third-order valence-corrected chi connectivity index (χ3v) is 3.98. The van der Waals surface area contributed by atoms with E-state index in [1.54, 1.807) is 0 Å². The highest BCUT2D eigenvalue weighted by Gasteiger charge is 2.17. The van der Waals surface area contributed by atoms with Crippen LogP contribution in [0.2, 0.25) is 0 Å². The van der Waals surface area contributed by atoms with E-state index in [9.17, 15) is 0 Å². The third-order valence-electron chi connectivity index (χ3n) is 2.79. The fourth-order valence-corrected chi connectivity index (χ4v) is 2.83. The molecule has 1 atom stereocenters. The SMILES string of the molecule is CCCCNCCN1CCSCC1C. The number of nitrogens with one attached hydrogen (secondary N) is 1. The Labute approximate surface area is 92.8 Å². The van der Waals surface area contributed by atoms with Crippen molar-refractivity contribution in [3.63, 3.8) is 0 Å². The van der Waals surface area contributed by atoms with Crippen LogP contribution in [0.1, 0.15) is 26.7 Å². The van der Waals surface area contributed by atoms with Gasteiger partial charge in [0.25, 0.3) is 0 Å². The molecule has 0 bridgehead atoms. The van der Waals surface area contributed by atoms with E-state index >= 15 is 0 Å². The molecule has 0 spiro atoms. The predicted molar refractivity (Wildman–Crippen MR) is 66.1 cm³/mol. The molecule has 1 saturated heterocycles. The number of hydrogen-bond donors (Lipinski definition) is 1. The smallest absolute Gasteiger partial charge is 0.0158 e. The maximum Gasteiger partial charge on any atom is 0.0158 e. The van der Waals surface area contributed by atoms with Gasteiger partial charge in [0.05, 0.1) is 0 Å². The fraction of sp³-hybridized carbons (Fsp3) is 1.00. The van der Waals surface area contributed by atoms with Crippen molar-refractivity contribution >= 4 is 11.8 Å². The first-order valence-electron chi connectivity index (χ1n) is 5.87. The summed E-state index contributed by atoms with van der Waals surface area (Å²) in [5.41, 5.74) is 0. The zero-order valence-electron chi connectivity index (χ0n) is 9.59. The van der Waals surface area contributed by atoms with E-state index in [1.165, 1.54) is 44.0 Å². The molecule has 1 aliphatic rings. The van der Waals surface area contributed by atoms with Gasteiger partial charge in [-0.15, -0.1) is 0 Å². The molecule has 3 heteroatoms. The molecule has 2 nitrogen and oxygen atoms in total. The average molecular weight is 216 g/mol. The second kappa shape index (κ2) is 7.55. The Morgan fingerprint density at radius 2 is 2.29 bits per heavy atom. The maximum absolute atomic E-state index is 3.51. The molecule has 1 unspecified atom stereocenters. The Morgan fingerprint density at radius 1 is 1.43 bits per heavy atom. The second-order valence-electron chi connectivity index (χ2n) is 4.06. The lowest BCUT2D eigenvalue weighted by atomic mass is 10.3. The lowest BCUT2D eigenvalue weighted by Gasteiger charge is -2.32. The first-order chi connectivity index (χ1) is 6.84. The van der Waals surface area contributed by atoms with Gasteiger partial charge in [-0.25, -0.2) is 0 Å². The maximum atomic E-state index is 3.51. The van der Waals surface area contributed by atoms with Gasteiger partial charge in [0.15, 0.2) is 0 Å². The largest absolute Gasteiger partial charge is 0.315 e. The van der Waals surface area contributed by atoms with Gasteiger partial charge in [-0.05, 0) is 19.9 Å². The monoisotopic (exact) mass is 216 g/mol. The van der Waals surface area contributed by atoms with Crippen molar-refractivity contribution in [3.8, 4) is 0 Å². The molecular weight excluding hydrogens is 192 g/mol. The molecule has 0 aromatic heterocycles. The quantitative estimate of drug-likeness (QED) is 0.682. The molecule has 1 rings (SSSR count). The average Bonchev–Trinajstić information content (AvgIpc) is 2.20. The minimum Gasteiger partial charge on any atom is -0.315 e. The van der Waals surface area contributed by atoms with Crippen molar-refractivity contribution in [2.45, 2.75) is 32.7 Å². The summed E-state index contributed by atoms with van der Waals surface area (Å²) in [7, 11) is 0. The van der Waals surface area contributed by atoms with E-state index in [2.05, 4.69) is 35.8 Å². The summed E-state index contributed by atoms with van der Waals surface area (Å²) in [6.07, 6.45) is 2.61. The van der Waals surface area contributed by atoms with Gasteiger partial charge in [-0.2, -0.15) is 11.8 Å². The minimum atomic E-state index is 0.779. The summed E-state index contributed by atoms with van der Waals surface area (Å²) in [5, 5.41) is 3.51. The summed E-state index contributed by atoms with van der Waals surface area (Å²) in [4.78, 5) is 2.61. The van der Waals surface area contributed by atoms with E-state index in [4.69, 9.17) is 0 Å². The molecule has 0 saturated carbocycles. The molecule has 14 heavy (non-hydrogen) atoms. The van der Waals surface area contributed by atoms with Crippen LogP contribution in [-0.4, -0.2) is 48.6 Å². The Bertz CT molecular complexity index is 141. The van der Waals surface area contributed by atoms with Crippen LogP contribution < -0.4 is 5.32 Å². The van der Waals surface area contributed by atoms with Crippen LogP contribution in [0.5, 0.6) is 0 Å². The van der Waals surface area contributed by atoms with Crippen molar-refractivity contribution in [3.05, 3.63) is 0 Å². The standard InChI is InChI=1S/C11H24N2S/c1-3-4-5-12-6-7-13-8-9-14-10-11(13)2/h11-12H,3-10H2,1-2H3. The van der Waals surface area contributed by atoms with E-state index in [0.29, 0.717) is 0 Å². The van der Waals surface area contributed by atoms with E-state index in [1.807, 2.05) is 0 Å². The Kier molecular flexibility index (Phi) is 6.65. The van der Waals surface area contributed by atoms with Crippen molar-refractivity contribution < 1.29 is 0 Å². The van der Waals surface area contributed by atoms with Gasteiger partial charge in [-0.1, -0.05) is 13.3 Å². The number of nitrogens with zero attached hydrogens (tertiary/aromatic N) is 1. The molecular formula is C11H24N2S. The summed E-state index contributed by atoms with van der Waals surface area (Å²) in [5.74, 6) is 2.63. The van der Waals surface area contributed by atoms with Crippen LogP contribution in [-0.2, 0) is 0 Å². The highest BCUT2D eigenvalue weighted by Crippen LogP contribution is 2.14. The van der Waals surface area contributed by atoms with Crippen LogP contribution >= 0.6 is 11.8 Å². The van der Waals surface area contributed by atoms with Gasteiger partial charge < -0.3 is 5.32 Å². The first-order valence-corrected chi connectivity index (χ1v) is 7.02. The van der Waals surface area contributed by atoms with E-state index < -0.39 is 0 Å². The molecule has 1 aliphatic heterocycles. The normalized spacial score (nSPS) is 24.0. The van der Waals surface area contributed by atoms with Crippen LogP contribution in [0.25, 0.3) is 0 Å². The molecule has 0 aromatic rings.